The van der Waals surface area contributed by atoms with Gasteiger partial charge >= 0.3 is 5.97 Å². The van der Waals surface area contributed by atoms with Gasteiger partial charge in [0.25, 0.3) is 0 Å². The molecule has 178 valence electrons. The van der Waals surface area contributed by atoms with Gasteiger partial charge in [0.15, 0.2) is 0 Å². The fourth-order valence-corrected chi connectivity index (χ4v) is 4.35. The molecule has 0 spiro atoms. The van der Waals surface area contributed by atoms with E-state index in [0.717, 1.165) is 28.2 Å². The van der Waals surface area contributed by atoms with Crippen LogP contribution in [0.25, 0.3) is 0 Å². The molecule has 0 fully saturated rings. The first-order valence-corrected chi connectivity index (χ1v) is 11.8. The van der Waals surface area contributed by atoms with Gasteiger partial charge in [-0.3, -0.25) is 0 Å². The minimum absolute atomic E-state index is 0.0583. The van der Waals surface area contributed by atoms with E-state index >= 15 is 0 Å². The Hall–Kier alpha value is -4.08. The Kier molecular flexibility index (Phi) is 7.81. The molecular formula is C26H24N4O4S. The largest absolute Gasteiger partial charge is 0.476 e. The summed E-state index contributed by atoms with van der Waals surface area (Å²) in [7, 11) is 0. The number of rotatable bonds is 11. The molecule has 3 aromatic carbocycles. The monoisotopic (exact) mass is 488 g/mol. The van der Waals surface area contributed by atoms with E-state index in [1.54, 1.807) is 0 Å². The van der Waals surface area contributed by atoms with Crippen molar-refractivity contribution >= 4 is 28.3 Å². The summed E-state index contributed by atoms with van der Waals surface area (Å²) in [5.41, 5.74) is 1.71. The standard InChI is InChI=1S/C26H24N4O4S/c31-17-10-18-34-29-22(24(32)33)23-27-25(35-30-23)28-26(19-11-4-1-5-12-19,20-13-6-2-7-14-20)21-15-8-3-9-16-21/h1-9,11-16,31H,10,17-18H2,(H,32,33)(H,27,28,30). The van der Waals surface area contributed by atoms with E-state index in [-0.39, 0.29) is 19.0 Å². The van der Waals surface area contributed by atoms with E-state index in [1.807, 2.05) is 91.0 Å². The van der Waals surface area contributed by atoms with Crippen molar-refractivity contribution in [2.24, 2.45) is 5.16 Å². The van der Waals surface area contributed by atoms with Gasteiger partial charge in [-0.15, -0.1) is 0 Å². The lowest BCUT2D eigenvalue weighted by Crippen LogP contribution is -2.38. The van der Waals surface area contributed by atoms with Gasteiger partial charge in [0.05, 0.1) is 0 Å². The van der Waals surface area contributed by atoms with Crippen LogP contribution in [-0.2, 0) is 15.2 Å². The second-order valence-corrected chi connectivity index (χ2v) is 8.30. The number of aliphatic hydroxyl groups is 1. The number of benzene rings is 3. The Balaban J connectivity index is 1.80. The van der Waals surface area contributed by atoms with Crippen molar-refractivity contribution in [3.63, 3.8) is 0 Å². The van der Waals surface area contributed by atoms with E-state index in [1.165, 1.54) is 0 Å². The molecular weight excluding hydrogens is 464 g/mol. The summed E-state index contributed by atoms with van der Waals surface area (Å²) >= 11 is 1.04. The smallest absolute Gasteiger partial charge is 0.362 e. The van der Waals surface area contributed by atoms with Crippen LogP contribution in [0.5, 0.6) is 0 Å². The predicted molar refractivity (Wildman–Crippen MR) is 135 cm³/mol. The number of carboxylic acid groups (broad SMARTS) is 1. The number of aliphatic carboxylic acids is 1. The van der Waals surface area contributed by atoms with E-state index < -0.39 is 17.2 Å². The van der Waals surface area contributed by atoms with Crippen LogP contribution in [-0.4, -0.2) is 44.5 Å². The molecule has 0 aliphatic heterocycles. The first-order valence-electron chi connectivity index (χ1n) is 11.0. The highest BCUT2D eigenvalue weighted by atomic mass is 32.1. The highest BCUT2D eigenvalue weighted by molar-refractivity contribution is 7.09. The zero-order valence-electron chi connectivity index (χ0n) is 18.7. The number of carbonyl (C=O) groups is 1. The van der Waals surface area contributed by atoms with Crippen molar-refractivity contribution in [3.05, 3.63) is 114 Å². The molecule has 4 aromatic rings. The van der Waals surface area contributed by atoms with Gasteiger partial charge in [-0.2, -0.15) is 9.36 Å². The quantitative estimate of drug-likeness (QED) is 0.126. The van der Waals surface area contributed by atoms with Crippen molar-refractivity contribution in [1.82, 2.24) is 9.36 Å². The fraction of sp³-hybridized carbons (Fsp3) is 0.154. The number of aromatic nitrogens is 2. The molecule has 0 bridgehead atoms. The number of carboxylic acids is 1. The number of nitrogens with zero attached hydrogens (tertiary/aromatic N) is 3. The summed E-state index contributed by atoms with van der Waals surface area (Å²) in [4.78, 5) is 21.2. The lowest BCUT2D eigenvalue weighted by molar-refractivity contribution is -0.129. The molecule has 0 amide bonds. The van der Waals surface area contributed by atoms with Gasteiger partial charge in [-0.25, -0.2) is 4.79 Å². The van der Waals surface area contributed by atoms with E-state index in [4.69, 9.17) is 9.94 Å². The molecule has 0 unspecified atom stereocenters. The molecule has 0 atom stereocenters. The number of hydrogen-bond donors (Lipinski definition) is 3. The van der Waals surface area contributed by atoms with Crippen LogP contribution < -0.4 is 5.32 Å². The second-order valence-electron chi connectivity index (χ2n) is 7.55. The van der Waals surface area contributed by atoms with Crippen molar-refractivity contribution < 1.29 is 19.8 Å². The Morgan fingerprint density at radius 1 is 0.914 bits per heavy atom. The molecule has 8 nitrogen and oxygen atoms in total. The average molecular weight is 489 g/mol. The van der Waals surface area contributed by atoms with Crippen LogP contribution in [0.2, 0.25) is 0 Å². The van der Waals surface area contributed by atoms with Crippen LogP contribution in [0.1, 0.15) is 28.9 Å². The van der Waals surface area contributed by atoms with E-state index in [0.29, 0.717) is 11.6 Å². The SMILES string of the molecule is O=C(O)C(=NOCCCO)c1nsc(NC(c2ccccc2)(c2ccccc2)c2ccccc2)n1. The molecule has 1 aromatic heterocycles. The minimum Gasteiger partial charge on any atom is -0.476 e. The van der Waals surface area contributed by atoms with E-state index in [9.17, 15) is 9.90 Å². The van der Waals surface area contributed by atoms with Crippen molar-refractivity contribution in [3.8, 4) is 0 Å². The zero-order valence-corrected chi connectivity index (χ0v) is 19.6. The Bertz CT molecular complexity index is 1170. The highest BCUT2D eigenvalue weighted by Crippen LogP contribution is 2.40. The van der Waals surface area contributed by atoms with Gasteiger partial charge in [0, 0.05) is 24.6 Å². The average Bonchev–Trinajstić information content (AvgIpc) is 3.36. The van der Waals surface area contributed by atoms with Gasteiger partial charge < -0.3 is 20.4 Å². The fourth-order valence-electron chi connectivity index (χ4n) is 3.73. The number of anilines is 1. The third kappa shape index (κ3) is 5.37. The predicted octanol–water partition coefficient (Wildman–Crippen LogP) is 4.13. The Morgan fingerprint density at radius 2 is 1.43 bits per heavy atom. The van der Waals surface area contributed by atoms with Crippen LogP contribution in [0, 0.1) is 0 Å². The summed E-state index contributed by atoms with van der Waals surface area (Å²) in [6.07, 6.45) is 0.335. The molecule has 0 saturated heterocycles. The van der Waals surface area contributed by atoms with Crippen LogP contribution in [0.4, 0.5) is 5.13 Å². The molecule has 0 radical (unpaired) electrons. The third-order valence-electron chi connectivity index (χ3n) is 5.30. The van der Waals surface area contributed by atoms with Crippen molar-refractivity contribution in [2.45, 2.75) is 12.0 Å². The molecule has 0 aliphatic carbocycles. The van der Waals surface area contributed by atoms with E-state index in [2.05, 4.69) is 19.8 Å². The molecule has 35 heavy (non-hydrogen) atoms. The minimum atomic E-state index is -1.31. The first-order chi connectivity index (χ1) is 17.1. The van der Waals surface area contributed by atoms with Crippen LogP contribution in [0.15, 0.2) is 96.2 Å². The summed E-state index contributed by atoms with van der Waals surface area (Å²) < 4.78 is 4.23. The lowest BCUT2D eigenvalue weighted by Gasteiger charge is -2.36. The number of nitrogens with one attached hydrogen (secondary N) is 1. The molecule has 0 aliphatic rings. The number of hydrogen-bond acceptors (Lipinski definition) is 8. The topological polar surface area (TPSA) is 117 Å². The molecule has 9 heteroatoms. The molecule has 0 saturated carbocycles. The summed E-state index contributed by atoms with van der Waals surface area (Å²) in [5, 5.41) is 26.1. The lowest BCUT2D eigenvalue weighted by atomic mass is 9.77. The third-order valence-corrected chi connectivity index (χ3v) is 5.94. The highest BCUT2D eigenvalue weighted by Gasteiger charge is 2.37. The molecule has 3 N–H and O–H groups in total. The zero-order chi connectivity index (χ0) is 24.5. The van der Waals surface area contributed by atoms with Gasteiger partial charge in [-0.05, 0) is 16.7 Å². The van der Waals surface area contributed by atoms with Crippen LogP contribution >= 0.6 is 11.5 Å². The maximum atomic E-state index is 11.8. The normalized spacial score (nSPS) is 11.7. The van der Waals surface area contributed by atoms with Gasteiger partial charge in [0.2, 0.25) is 16.7 Å². The van der Waals surface area contributed by atoms with Crippen LogP contribution in [0.3, 0.4) is 0 Å². The number of oxime groups is 1. The molecule has 1 heterocycles. The maximum Gasteiger partial charge on any atom is 0.362 e. The summed E-state index contributed by atoms with van der Waals surface area (Å²) in [6.45, 7) is 0.00312. The number of aliphatic hydroxyl groups excluding tert-OH is 1. The second kappa shape index (κ2) is 11.4. The summed E-state index contributed by atoms with van der Waals surface area (Å²) in [5.74, 6) is -1.36. The summed E-state index contributed by atoms with van der Waals surface area (Å²) in [6, 6.07) is 29.9. The Morgan fingerprint density at radius 3 is 1.89 bits per heavy atom. The molecule has 4 rings (SSSR count). The Labute approximate surface area is 206 Å². The van der Waals surface area contributed by atoms with Crippen molar-refractivity contribution in [2.75, 3.05) is 18.5 Å². The van der Waals surface area contributed by atoms with Crippen molar-refractivity contribution in [1.29, 1.82) is 0 Å². The van der Waals surface area contributed by atoms with Gasteiger partial charge in [0.1, 0.15) is 12.1 Å². The maximum absolute atomic E-state index is 11.8. The van der Waals surface area contributed by atoms with Gasteiger partial charge in [-0.1, -0.05) is 96.2 Å². The first kappa shape index (κ1) is 24.1.